The molecule has 2 rings (SSSR count). The molecule has 0 saturated heterocycles. The number of esters is 1. The number of methoxy groups -OCH3 is 1. The van der Waals surface area contributed by atoms with Gasteiger partial charge in [0.25, 0.3) is 0 Å². The molecule has 0 aliphatic rings. The molecule has 0 aliphatic heterocycles. The standard InChI is InChI=1S/C19H24N2O7S2/c1-21(11-4-12-28-14-5-7-15(8-6-14)29(3,23)24)18-10-9-16(30(20,25)26)13-17(18)19(22)27-2/h5-10,13H,4,11-12H2,1-3H3,(H2,20,25,26). The van der Waals surface area contributed by atoms with E-state index < -0.39 is 25.8 Å². The number of nitrogens with zero attached hydrogens (tertiary/aromatic N) is 1. The summed E-state index contributed by atoms with van der Waals surface area (Å²) in [7, 11) is -4.26. The summed E-state index contributed by atoms with van der Waals surface area (Å²) in [4.78, 5) is 13.9. The molecule has 0 unspecified atom stereocenters. The maximum atomic E-state index is 12.1. The van der Waals surface area contributed by atoms with Crippen LogP contribution in [0, 0.1) is 0 Å². The minimum absolute atomic E-state index is 0.0869. The van der Waals surface area contributed by atoms with Gasteiger partial charge in [0.2, 0.25) is 10.0 Å². The number of hydrogen-bond donors (Lipinski definition) is 1. The third kappa shape index (κ3) is 6.18. The minimum Gasteiger partial charge on any atom is -0.494 e. The number of benzene rings is 2. The largest absolute Gasteiger partial charge is 0.494 e. The van der Waals surface area contributed by atoms with Crippen molar-refractivity contribution in [2.24, 2.45) is 5.14 Å². The van der Waals surface area contributed by atoms with Crippen LogP contribution >= 0.6 is 0 Å². The third-order valence-electron chi connectivity index (χ3n) is 4.27. The first kappa shape index (κ1) is 23.6. The smallest absolute Gasteiger partial charge is 0.340 e. The molecular formula is C19H24N2O7S2. The van der Waals surface area contributed by atoms with Crippen molar-refractivity contribution in [2.75, 3.05) is 38.5 Å². The van der Waals surface area contributed by atoms with Crippen molar-refractivity contribution < 1.29 is 31.1 Å². The summed E-state index contributed by atoms with van der Waals surface area (Å²) in [6.45, 7) is 0.853. The Hall–Kier alpha value is -2.63. The highest BCUT2D eigenvalue weighted by molar-refractivity contribution is 7.90. The lowest BCUT2D eigenvalue weighted by atomic mass is 10.1. The van der Waals surface area contributed by atoms with E-state index in [4.69, 9.17) is 14.6 Å². The Kier molecular flexibility index (Phi) is 7.45. The Labute approximate surface area is 176 Å². The molecule has 11 heteroatoms. The number of carbonyl (C=O) groups excluding carboxylic acids is 1. The zero-order valence-corrected chi connectivity index (χ0v) is 18.5. The molecule has 0 bridgehead atoms. The van der Waals surface area contributed by atoms with Crippen molar-refractivity contribution >= 4 is 31.5 Å². The second kappa shape index (κ2) is 9.45. The molecule has 2 aromatic rings. The molecule has 0 spiro atoms. The van der Waals surface area contributed by atoms with E-state index in [0.717, 1.165) is 6.26 Å². The summed E-state index contributed by atoms with van der Waals surface area (Å²) in [5, 5.41) is 5.14. The Morgan fingerprint density at radius 2 is 1.63 bits per heavy atom. The van der Waals surface area contributed by atoms with Crippen molar-refractivity contribution in [1.29, 1.82) is 0 Å². The van der Waals surface area contributed by atoms with E-state index >= 15 is 0 Å². The molecule has 164 valence electrons. The van der Waals surface area contributed by atoms with Crippen molar-refractivity contribution in [1.82, 2.24) is 0 Å². The Morgan fingerprint density at radius 1 is 1.03 bits per heavy atom. The fourth-order valence-electron chi connectivity index (χ4n) is 2.69. The van der Waals surface area contributed by atoms with Gasteiger partial charge in [0.1, 0.15) is 5.75 Å². The van der Waals surface area contributed by atoms with Crippen molar-refractivity contribution in [3.63, 3.8) is 0 Å². The van der Waals surface area contributed by atoms with Crippen molar-refractivity contribution in [2.45, 2.75) is 16.2 Å². The van der Waals surface area contributed by atoms with Crippen LogP contribution in [0.1, 0.15) is 16.8 Å². The van der Waals surface area contributed by atoms with Gasteiger partial charge in [-0.25, -0.2) is 26.8 Å². The lowest BCUT2D eigenvalue weighted by Crippen LogP contribution is -2.23. The van der Waals surface area contributed by atoms with Gasteiger partial charge in [0.05, 0.1) is 34.8 Å². The first-order valence-corrected chi connectivity index (χ1v) is 12.3. The molecule has 0 amide bonds. The first-order chi connectivity index (χ1) is 13.9. The monoisotopic (exact) mass is 456 g/mol. The molecule has 30 heavy (non-hydrogen) atoms. The number of anilines is 1. The number of rotatable bonds is 9. The molecule has 0 aromatic heterocycles. The van der Waals surface area contributed by atoms with Crippen LogP contribution in [0.4, 0.5) is 5.69 Å². The minimum atomic E-state index is -3.96. The van der Waals surface area contributed by atoms with Crippen LogP contribution in [-0.2, 0) is 24.6 Å². The fourth-order valence-corrected chi connectivity index (χ4v) is 3.86. The molecule has 0 atom stereocenters. The quantitative estimate of drug-likeness (QED) is 0.442. The van der Waals surface area contributed by atoms with Crippen LogP contribution in [0.3, 0.4) is 0 Å². The van der Waals surface area contributed by atoms with Crippen LogP contribution in [0.5, 0.6) is 5.75 Å². The average Bonchev–Trinajstić information content (AvgIpc) is 2.69. The highest BCUT2D eigenvalue weighted by Crippen LogP contribution is 2.24. The number of ether oxygens (including phenoxy) is 2. The maximum Gasteiger partial charge on any atom is 0.340 e. The molecule has 9 nitrogen and oxygen atoms in total. The topological polar surface area (TPSA) is 133 Å². The molecule has 0 radical (unpaired) electrons. The second-order valence-corrected chi connectivity index (χ2v) is 10.2. The van der Waals surface area contributed by atoms with Crippen molar-refractivity contribution in [3.8, 4) is 5.75 Å². The highest BCUT2D eigenvalue weighted by atomic mass is 32.2. The number of hydrogen-bond acceptors (Lipinski definition) is 8. The molecule has 0 heterocycles. The summed E-state index contributed by atoms with van der Waals surface area (Å²) >= 11 is 0. The van der Waals surface area contributed by atoms with Crippen LogP contribution in [0.2, 0.25) is 0 Å². The van der Waals surface area contributed by atoms with Gasteiger partial charge < -0.3 is 14.4 Å². The van der Waals surface area contributed by atoms with Gasteiger partial charge in [-0.05, 0) is 48.9 Å². The van der Waals surface area contributed by atoms with E-state index in [1.54, 1.807) is 24.1 Å². The summed E-state index contributed by atoms with van der Waals surface area (Å²) in [5.41, 5.74) is 0.579. The summed E-state index contributed by atoms with van der Waals surface area (Å²) < 4.78 is 56.4. The third-order valence-corrected chi connectivity index (χ3v) is 6.31. The van der Waals surface area contributed by atoms with E-state index in [9.17, 15) is 21.6 Å². The predicted octanol–water partition coefficient (Wildman–Crippen LogP) is 1.43. The zero-order chi connectivity index (χ0) is 22.5. The molecule has 0 saturated carbocycles. The van der Waals surface area contributed by atoms with Crippen LogP contribution in [0.15, 0.2) is 52.3 Å². The highest BCUT2D eigenvalue weighted by Gasteiger charge is 2.19. The Bertz CT molecular complexity index is 1110. The van der Waals surface area contributed by atoms with E-state index in [1.165, 1.54) is 37.4 Å². The maximum absolute atomic E-state index is 12.1. The molecule has 2 N–H and O–H groups in total. The number of sulfone groups is 1. The molecule has 0 fully saturated rings. The normalized spacial score (nSPS) is 11.7. The zero-order valence-electron chi connectivity index (χ0n) is 16.9. The summed E-state index contributed by atoms with van der Waals surface area (Å²) in [5.74, 6) is -0.137. The predicted molar refractivity (Wildman–Crippen MR) is 112 cm³/mol. The number of sulfonamides is 1. The average molecular weight is 457 g/mol. The Morgan fingerprint density at radius 3 is 2.17 bits per heavy atom. The summed E-state index contributed by atoms with van der Waals surface area (Å²) in [6, 6.07) is 10.1. The lowest BCUT2D eigenvalue weighted by Gasteiger charge is -2.22. The number of primary sulfonamides is 1. The summed E-state index contributed by atoms with van der Waals surface area (Å²) in [6.07, 6.45) is 1.72. The molecular weight excluding hydrogens is 432 g/mol. The van der Waals surface area contributed by atoms with Gasteiger partial charge in [-0.2, -0.15) is 0 Å². The lowest BCUT2D eigenvalue weighted by molar-refractivity contribution is 0.0601. The second-order valence-electron chi connectivity index (χ2n) is 6.58. The number of nitrogens with two attached hydrogens (primary N) is 1. The van der Waals surface area contributed by atoms with Gasteiger partial charge in [-0.3, -0.25) is 0 Å². The first-order valence-electron chi connectivity index (χ1n) is 8.82. The van der Waals surface area contributed by atoms with Crippen LogP contribution in [0.25, 0.3) is 0 Å². The van der Waals surface area contributed by atoms with Gasteiger partial charge in [-0.15, -0.1) is 0 Å². The van der Waals surface area contributed by atoms with Gasteiger partial charge in [0, 0.05) is 19.8 Å². The van der Waals surface area contributed by atoms with E-state index in [2.05, 4.69) is 0 Å². The van der Waals surface area contributed by atoms with Crippen LogP contribution < -0.4 is 14.8 Å². The molecule has 2 aromatic carbocycles. The van der Waals surface area contributed by atoms with Gasteiger partial charge >= 0.3 is 5.97 Å². The van der Waals surface area contributed by atoms with Gasteiger partial charge in [0.15, 0.2) is 9.84 Å². The fraction of sp³-hybridized carbons (Fsp3) is 0.316. The number of carbonyl (C=O) groups is 1. The van der Waals surface area contributed by atoms with Crippen LogP contribution in [-0.4, -0.2) is 56.4 Å². The SMILES string of the molecule is COC(=O)c1cc(S(N)(=O)=O)ccc1N(C)CCCOc1ccc(S(C)(=O)=O)cc1. The van der Waals surface area contributed by atoms with E-state index in [1.807, 2.05) is 0 Å². The molecule has 0 aliphatic carbocycles. The van der Waals surface area contributed by atoms with Gasteiger partial charge in [-0.1, -0.05) is 0 Å². The van der Waals surface area contributed by atoms with E-state index in [-0.39, 0.29) is 15.4 Å². The van der Waals surface area contributed by atoms with E-state index in [0.29, 0.717) is 31.0 Å². The Balaban J connectivity index is 2.02. The van der Waals surface area contributed by atoms with Crippen molar-refractivity contribution in [3.05, 3.63) is 48.0 Å².